The Kier molecular flexibility index (Phi) is 7.25. The molecule has 12 rings (SSSR count). The van der Waals surface area contributed by atoms with Gasteiger partial charge in [-0.05, 0) is 80.4 Å². The summed E-state index contributed by atoms with van der Waals surface area (Å²) >= 11 is 0. The average molecular weight is 757 g/mol. The van der Waals surface area contributed by atoms with E-state index < -0.39 is 8.07 Å². The van der Waals surface area contributed by atoms with Gasteiger partial charge in [0.1, 0.15) is 11.5 Å². The number of aromatic nitrogens is 2. The van der Waals surface area contributed by atoms with Crippen molar-refractivity contribution < 1.29 is 4.74 Å². The Balaban J connectivity index is 1.18. The topological polar surface area (TPSA) is 19.1 Å². The van der Waals surface area contributed by atoms with Crippen LogP contribution in [0.1, 0.15) is 0 Å². The zero-order chi connectivity index (χ0) is 38.2. The Bertz CT molecular complexity index is 3320. The molecule has 0 amide bonds. The normalized spacial score (nSPS) is 13.1. The standard InChI is InChI=1S/C54H36N2OSi/c1-3-16-37(17-4-1)38-30-32-39(33-31-38)55-46-23-9-8-21-43(46)45-22-15-25-48(54(45)55)56-47-24-10-7-20-42(47)44-35-34-41(36-49(44)56)58(40-18-5-2-6-19-40)52-28-13-11-26-50(52)57-51-27-12-14-29-53(51)58/h1-36H. The molecule has 1 aliphatic rings. The molecule has 0 saturated carbocycles. The van der Waals surface area contributed by atoms with Crippen molar-refractivity contribution in [3.8, 4) is 34.0 Å². The Labute approximate surface area is 337 Å². The number of hydrogen-bond acceptors (Lipinski definition) is 1. The van der Waals surface area contributed by atoms with E-state index in [1.165, 1.54) is 75.5 Å². The fourth-order valence-corrected chi connectivity index (χ4v) is 14.8. The number of rotatable bonds is 5. The molecule has 9 aromatic carbocycles. The van der Waals surface area contributed by atoms with Gasteiger partial charge in [0.2, 0.25) is 0 Å². The summed E-state index contributed by atoms with van der Waals surface area (Å²) in [6, 6.07) is 80.0. The van der Waals surface area contributed by atoms with Crippen LogP contribution >= 0.6 is 0 Å². The van der Waals surface area contributed by atoms with E-state index in [1.54, 1.807) is 0 Å². The molecular weight excluding hydrogens is 721 g/mol. The van der Waals surface area contributed by atoms with Crippen LogP contribution in [0.2, 0.25) is 0 Å². The van der Waals surface area contributed by atoms with E-state index in [4.69, 9.17) is 4.74 Å². The summed E-state index contributed by atoms with van der Waals surface area (Å²) in [5.74, 6) is 1.87. The Morgan fingerprint density at radius 3 is 1.59 bits per heavy atom. The number of benzene rings is 9. The number of fused-ring (bicyclic) bond motifs is 8. The third-order valence-electron chi connectivity index (χ3n) is 12.3. The Morgan fingerprint density at radius 1 is 0.345 bits per heavy atom. The summed E-state index contributed by atoms with van der Waals surface area (Å²) in [6.07, 6.45) is 0. The molecule has 0 aliphatic carbocycles. The van der Waals surface area contributed by atoms with Gasteiger partial charge in [0.05, 0.1) is 27.8 Å². The molecule has 272 valence electrons. The van der Waals surface area contributed by atoms with E-state index >= 15 is 0 Å². The lowest BCUT2D eigenvalue weighted by atomic mass is 10.1. The van der Waals surface area contributed by atoms with E-state index in [2.05, 4.69) is 228 Å². The highest BCUT2D eigenvalue weighted by Crippen LogP contribution is 2.40. The molecule has 0 spiro atoms. The summed E-state index contributed by atoms with van der Waals surface area (Å²) in [7, 11) is -2.89. The molecule has 1 aliphatic heterocycles. The third kappa shape index (κ3) is 4.67. The van der Waals surface area contributed by atoms with Gasteiger partial charge >= 0.3 is 0 Å². The van der Waals surface area contributed by atoms with Gasteiger partial charge < -0.3 is 13.9 Å². The van der Waals surface area contributed by atoms with Crippen molar-refractivity contribution in [2.75, 3.05) is 0 Å². The predicted molar refractivity (Wildman–Crippen MR) is 244 cm³/mol. The zero-order valence-electron chi connectivity index (χ0n) is 31.6. The SMILES string of the molecule is c1ccc(-c2ccc(-n3c4ccccc4c4cccc(-n5c6ccccc6c6ccc([Si]7(c8ccccc8)c8ccccc8Oc8ccccc87)cc65)c43)cc2)cc1. The molecule has 0 N–H and O–H groups in total. The van der Waals surface area contributed by atoms with Crippen LogP contribution in [-0.4, -0.2) is 17.2 Å². The summed E-state index contributed by atoms with van der Waals surface area (Å²) in [4.78, 5) is 0. The lowest BCUT2D eigenvalue weighted by Gasteiger charge is -2.39. The molecular formula is C54H36N2OSi. The van der Waals surface area contributed by atoms with Crippen molar-refractivity contribution in [2.24, 2.45) is 0 Å². The highest BCUT2D eigenvalue weighted by molar-refractivity contribution is 7.20. The number of hydrogen-bond donors (Lipinski definition) is 0. The lowest BCUT2D eigenvalue weighted by molar-refractivity contribution is 0.487. The van der Waals surface area contributed by atoms with Crippen molar-refractivity contribution in [3.63, 3.8) is 0 Å². The summed E-state index contributed by atoms with van der Waals surface area (Å²) in [5.41, 5.74) is 9.43. The van der Waals surface area contributed by atoms with E-state index in [9.17, 15) is 0 Å². The molecule has 0 bridgehead atoms. The smallest absolute Gasteiger partial charge is 0.188 e. The van der Waals surface area contributed by atoms with Crippen LogP contribution in [0.3, 0.4) is 0 Å². The van der Waals surface area contributed by atoms with Gasteiger partial charge in [-0.2, -0.15) is 0 Å². The van der Waals surface area contributed by atoms with Crippen molar-refractivity contribution >= 4 is 72.4 Å². The maximum Gasteiger partial charge on any atom is 0.188 e. The fraction of sp³-hybridized carbons (Fsp3) is 0. The van der Waals surface area contributed by atoms with Crippen LogP contribution in [0.25, 0.3) is 66.1 Å². The minimum atomic E-state index is -2.89. The molecule has 3 heterocycles. The average Bonchev–Trinajstić information content (AvgIpc) is 3.82. The fourth-order valence-electron chi connectivity index (χ4n) is 9.82. The van der Waals surface area contributed by atoms with Gasteiger partial charge in [0, 0.05) is 27.2 Å². The van der Waals surface area contributed by atoms with Crippen LogP contribution in [0.5, 0.6) is 11.5 Å². The molecule has 0 radical (unpaired) electrons. The maximum absolute atomic E-state index is 6.70. The molecule has 2 aromatic heterocycles. The second-order valence-electron chi connectivity index (χ2n) is 15.2. The van der Waals surface area contributed by atoms with Gasteiger partial charge in [-0.3, -0.25) is 0 Å². The van der Waals surface area contributed by atoms with E-state index in [1.807, 2.05) is 0 Å². The Morgan fingerprint density at radius 2 is 0.879 bits per heavy atom. The summed E-state index contributed by atoms with van der Waals surface area (Å²) in [5, 5.41) is 10.1. The van der Waals surface area contributed by atoms with E-state index in [0.29, 0.717) is 0 Å². The predicted octanol–water partition coefficient (Wildman–Crippen LogP) is 11.0. The van der Waals surface area contributed by atoms with E-state index in [-0.39, 0.29) is 0 Å². The first-order valence-corrected chi connectivity index (χ1v) is 21.9. The van der Waals surface area contributed by atoms with Gasteiger partial charge in [0.15, 0.2) is 8.07 Å². The molecule has 4 heteroatoms. The van der Waals surface area contributed by atoms with Crippen molar-refractivity contribution in [1.82, 2.24) is 9.13 Å². The number of nitrogens with zero attached hydrogens (tertiary/aromatic N) is 2. The largest absolute Gasteiger partial charge is 0.458 e. The van der Waals surface area contributed by atoms with Gasteiger partial charge in [-0.15, -0.1) is 0 Å². The summed E-state index contributed by atoms with van der Waals surface area (Å²) in [6.45, 7) is 0. The first-order chi connectivity index (χ1) is 28.8. The maximum atomic E-state index is 6.70. The highest BCUT2D eigenvalue weighted by Gasteiger charge is 2.48. The number of para-hydroxylation sites is 5. The second-order valence-corrected chi connectivity index (χ2v) is 19.0. The van der Waals surface area contributed by atoms with Gasteiger partial charge in [0.25, 0.3) is 0 Å². The molecule has 11 aromatic rings. The lowest BCUT2D eigenvalue weighted by Crippen LogP contribution is -2.76. The van der Waals surface area contributed by atoms with Crippen LogP contribution in [0, 0.1) is 0 Å². The number of ether oxygens (including phenoxy) is 1. The van der Waals surface area contributed by atoms with Crippen LogP contribution in [0.4, 0.5) is 0 Å². The minimum absolute atomic E-state index is 0.935. The monoisotopic (exact) mass is 756 g/mol. The molecule has 0 atom stereocenters. The Hall–Kier alpha value is -7.40. The van der Waals surface area contributed by atoms with Crippen LogP contribution in [-0.2, 0) is 0 Å². The zero-order valence-corrected chi connectivity index (χ0v) is 32.6. The van der Waals surface area contributed by atoms with Gasteiger partial charge in [-0.1, -0.05) is 170 Å². The van der Waals surface area contributed by atoms with Crippen LogP contribution in [0.15, 0.2) is 218 Å². The molecule has 58 heavy (non-hydrogen) atoms. The molecule has 0 unspecified atom stereocenters. The molecule has 3 nitrogen and oxygen atoms in total. The van der Waals surface area contributed by atoms with Gasteiger partial charge in [-0.25, -0.2) is 0 Å². The highest BCUT2D eigenvalue weighted by atomic mass is 28.3. The van der Waals surface area contributed by atoms with Crippen molar-refractivity contribution in [1.29, 1.82) is 0 Å². The first kappa shape index (κ1) is 32.8. The van der Waals surface area contributed by atoms with Crippen LogP contribution < -0.4 is 25.5 Å². The second kappa shape index (κ2) is 12.8. The quantitative estimate of drug-likeness (QED) is 0.160. The summed E-state index contributed by atoms with van der Waals surface area (Å²) < 4.78 is 11.7. The first-order valence-electron chi connectivity index (χ1n) is 19.9. The van der Waals surface area contributed by atoms with Crippen molar-refractivity contribution in [2.45, 2.75) is 0 Å². The van der Waals surface area contributed by atoms with Crippen molar-refractivity contribution in [3.05, 3.63) is 218 Å². The van der Waals surface area contributed by atoms with E-state index in [0.717, 1.165) is 22.9 Å². The minimum Gasteiger partial charge on any atom is -0.458 e. The molecule has 0 fully saturated rings. The third-order valence-corrected chi connectivity index (χ3v) is 17.1. The molecule has 0 saturated heterocycles.